The number of hydrogen-bond donors (Lipinski definition) is 1. The largest absolute Gasteiger partial charge is 0.415 e. The Hall–Kier alpha value is -2.64. The number of rotatable bonds is 4. The molecule has 2 saturated heterocycles. The van der Waals surface area contributed by atoms with E-state index in [0.29, 0.717) is 18.1 Å². The average Bonchev–Trinajstić information content (AvgIpc) is 3.26. The molecule has 0 radical (unpaired) electrons. The van der Waals surface area contributed by atoms with Gasteiger partial charge in [-0.05, 0) is 67.9 Å². The fourth-order valence-corrected chi connectivity index (χ4v) is 4.66. The normalized spacial score (nSPS) is 21.4. The summed E-state index contributed by atoms with van der Waals surface area (Å²) >= 11 is 6.07. The molecule has 2 heterocycles. The van der Waals surface area contributed by atoms with Crippen molar-refractivity contribution >= 4 is 23.6 Å². The molecule has 2 unspecified atom stereocenters. The smallest absolute Gasteiger partial charge is 0.410 e. The summed E-state index contributed by atoms with van der Waals surface area (Å²) in [6.07, 6.45) is 1.11. The van der Waals surface area contributed by atoms with Gasteiger partial charge in [0.2, 0.25) is 5.91 Å². The minimum Gasteiger partial charge on any atom is -0.410 e. The van der Waals surface area contributed by atoms with E-state index in [1.807, 2.05) is 29.2 Å². The molecule has 0 aromatic heterocycles. The van der Waals surface area contributed by atoms with Crippen molar-refractivity contribution in [1.29, 1.82) is 0 Å². The number of benzene rings is 2. The second-order valence-corrected chi connectivity index (χ2v) is 8.86. The highest BCUT2D eigenvalue weighted by atomic mass is 35.5. The van der Waals surface area contributed by atoms with Crippen LogP contribution in [0.1, 0.15) is 24.3 Å². The Labute approximate surface area is 192 Å². The third-order valence-electron chi connectivity index (χ3n) is 6.39. The van der Waals surface area contributed by atoms with Crippen molar-refractivity contribution < 1.29 is 18.7 Å². The minimum absolute atomic E-state index is 0.0114. The van der Waals surface area contributed by atoms with Gasteiger partial charge in [-0.2, -0.15) is 0 Å². The van der Waals surface area contributed by atoms with Gasteiger partial charge in [0, 0.05) is 37.0 Å². The predicted octanol–water partition coefficient (Wildman–Crippen LogP) is 3.90. The minimum atomic E-state index is -0.545. The highest BCUT2D eigenvalue weighted by Gasteiger charge is 2.42. The molecule has 2 aromatic rings. The molecular formula is C24H27ClFN3O3. The number of likely N-dealkylation sites (N-methyl/N-ethyl adjacent to an activating group) is 1. The van der Waals surface area contributed by atoms with Gasteiger partial charge in [0.25, 0.3) is 0 Å². The van der Waals surface area contributed by atoms with Gasteiger partial charge in [-0.25, -0.2) is 9.18 Å². The molecule has 2 aliphatic heterocycles. The summed E-state index contributed by atoms with van der Waals surface area (Å²) in [5.41, 5.74) is 1.02. The number of carbonyl (C=O) groups excluding carboxylic acids is 2. The standard InChI is InChI=1S/C24H27ClFN3O3/c1-28(24(31)32-20-8-6-19(26)7-9-20)22-15-29(23(30)17-10-12-27-13-11-17)14-21(22)16-2-4-18(25)5-3-16/h2-9,17,21-22,27H,10-15H2,1H3. The first kappa shape index (κ1) is 22.6. The molecule has 2 aliphatic rings. The van der Waals surface area contributed by atoms with E-state index < -0.39 is 11.9 Å². The average molecular weight is 460 g/mol. The van der Waals surface area contributed by atoms with Gasteiger partial charge in [0.15, 0.2) is 0 Å². The fraction of sp³-hybridized carbons (Fsp3) is 0.417. The number of likely N-dealkylation sites (tertiary alicyclic amines) is 1. The monoisotopic (exact) mass is 459 g/mol. The lowest BCUT2D eigenvalue weighted by molar-refractivity contribution is -0.135. The molecule has 0 saturated carbocycles. The topological polar surface area (TPSA) is 61.9 Å². The number of amides is 2. The molecule has 170 valence electrons. The predicted molar refractivity (Wildman–Crippen MR) is 120 cm³/mol. The maximum atomic E-state index is 13.2. The molecule has 6 nitrogen and oxygen atoms in total. The van der Waals surface area contributed by atoms with Crippen LogP contribution in [0.5, 0.6) is 5.75 Å². The van der Waals surface area contributed by atoms with Crippen molar-refractivity contribution in [3.05, 3.63) is 64.9 Å². The molecule has 0 bridgehead atoms. The number of ether oxygens (including phenoxy) is 1. The summed E-state index contributed by atoms with van der Waals surface area (Å²) in [5, 5.41) is 3.93. The van der Waals surface area contributed by atoms with E-state index in [4.69, 9.17) is 16.3 Å². The van der Waals surface area contributed by atoms with E-state index in [1.165, 1.54) is 24.3 Å². The van der Waals surface area contributed by atoms with Gasteiger partial charge in [-0.15, -0.1) is 0 Å². The van der Waals surface area contributed by atoms with Crippen molar-refractivity contribution in [2.45, 2.75) is 24.8 Å². The molecule has 32 heavy (non-hydrogen) atoms. The van der Waals surface area contributed by atoms with Crippen LogP contribution >= 0.6 is 11.6 Å². The number of nitrogens with zero attached hydrogens (tertiary/aromatic N) is 2. The van der Waals surface area contributed by atoms with Gasteiger partial charge in [-0.1, -0.05) is 23.7 Å². The van der Waals surface area contributed by atoms with Crippen LogP contribution in [0.2, 0.25) is 5.02 Å². The summed E-state index contributed by atoms with van der Waals surface area (Å²) in [7, 11) is 1.68. The Morgan fingerprint density at radius 2 is 1.72 bits per heavy atom. The number of piperidine rings is 1. The van der Waals surface area contributed by atoms with E-state index in [-0.39, 0.29) is 29.5 Å². The molecule has 2 aromatic carbocycles. The van der Waals surface area contributed by atoms with Crippen LogP contribution in [0.3, 0.4) is 0 Å². The van der Waals surface area contributed by atoms with Crippen molar-refractivity contribution in [3.63, 3.8) is 0 Å². The Bertz CT molecular complexity index is 948. The second-order valence-electron chi connectivity index (χ2n) is 8.43. The zero-order valence-electron chi connectivity index (χ0n) is 18.0. The van der Waals surface area contributed by atoms with Crippen molar-refractivity contribution in [2.24, 2.45) is 5.92 Å². The molecular weight excluding hydrogens is 433 g/mol. The first-order valence-electron chi connectivity index (χ1n) is 10.9. The summed E-state index contributed by atoms with van der Waals surface area (Å²) < 4.78 is 18.6. The Morgan fingerprint density at radius 3 is 2.38 bits per heavy atom. The fourth-order valence-electron chi connectivity index (χ4n) is 4.53. The Kier molecular flexibility index (Phi) is 6.96. The van der Waals surface area contributed by atoms with Crippen molar-refractivity contribution in [2.75, 3.05) is 33.2 Å². The molecule has 4 rings (SSSR count). The third-order valence-corrected chi connectivity index (χ3v) is 6.64. The van der Waals surface area contributed by atoms with E-state index >= 15 is 0 Å². The highest BCUT2D eigenvalue weighted by molar-refractivity contribution is 6.30. The summed E-state index contributed by atoms with van der Waals surface area (Å²) in [6.45, 7) is 2.66. The van der Waals surface area contributed by atoms with Gasteiger partial charge >= 0.3 is 6.09 Å². The molecule has 2 amide bonds. The van der Waals surface area contributed by atoms with Gasteiger partial charge in [-0.3, -0.25) is 4.79 Å². The van der Waals surface area contributed by atoms with Crippen LogP contribution in [0.4, 0.5) is 9.18 Å². The van der Waals surface area contributed by atoms with E-state index in [1.54, 1.807) is 11.9 Å². The van der Waals surface area contributed by atoms with E-state index in [0.717, 1.165) is 31.5 Å². The molecule has 1 N–H and O–H groups in total. The highest BCUT2D eigenvalue weighted by Crippen LogP contribution is 2.33. The molecule has 0 spiro atoms. The third kappa shape index (κ3) is 5.05. The molecule has 2 fully saturated rings. The summed E-state index contributed by atoms with van der Waals surface area (Å²) in [6, 6.07) is 12.6. The van der Waals surface area contributed by atoms with Crippen molar-refractivity contribution in [1.82, 2.24) is 15.1 Å². The van der Waals surface area contributed by atoms with Crippen LogP contribution < -0.4 is 10.1 Å². The van der Waals surface area contributed by atoms with Crippen LogP contribution in [-0.2, 0) is 4.79 Å². The molecule has 8 heteroatoms. The summed E-state index contributed by atoms with van der Waals surface area (Å²) in [4.78, 5) is 29.5. The van der Waals surface area contributed by atoms with Crippen molar-refractivity contribution in [3.8, 4) is 5.75 Å². The molecule has 0 aliphatic carbocycles. The van der Waals surface area contributed by atoms with Gasteiger partial charge in [0.1, 0.15) is 11.6 Å². The zero-order valence-corrected chi connectivity index (χ0v) is 18.7. The number of nitrogens with one attached hydrogen (secondary N) is 1. The maximum Gasteiger partial charge on any atom is 0.415 e. The zero-order chi connectivity index (χ0) is 22.7. The molecule has 2 atom stereocenters. The number of hydrogen-bond acceptors (Lipinski definition) is 4. The van der Waals surface area contributed by atoms with Gasteiger partial charge in [0.05, 0.1) is 6.04 Å². The maximum absolute atomic E-state index is 13.2. The summed E-state index contributed by atoms with van der Waals surface area (Å²) in [5.74, 6) is -0.0370. The van der Waals surface area contributed by atoms with E-state index in [2.05, 4.69) is 5.32 Å². The number of halogens is 2. The lowest BCUT2D eigenvalue weighted by Crippen LogP contribution is -2.44. The SMILES string of the molecule is CN(C(=O)Oc1ccc(F)cc1)C1CN(C(=O)C2CCNCC2)CC1c1ccc(Cl)cc1. The second kappa shape index (κ2) is 9.88. The van der Waals surface area contributed by atoms with Gasteiger partial charge < -0.3 is 19.9 Å². The Balaban J connectivity index is 1.53. The Morgan fingerprint density at radius 1 is 1.06 bits per heavy atom. The lowest BCUT2D eigenvalue weighted by Gasteiger charge is -2.29. The first-order chi connectivity index (χ1) is 15.4. The number of carbonyl (C=O) groups is 2. The first-order valence-corrected chi connectivity index (χ1v) is 11.3. The van der Waals surface area contributed by atoms with Crippen LogP contribution in [-0.4, -0.2) is 61.1 Å². The van der Waals surface area contributed by atoms with E-state index in [9.17, 15) is 14.0 Å². The van der Waals surface area contributed by atoms with Crippen LogP contribution in [0.25, 0.3) is 0 Å². The van der Waals surface area contributed by atoms with Crippen LogP contribution in [0, 0.1) is 11.7 Å². The lowest BCUT2D eigenvalue weighted by atomic mass is 9.93. The van der Waals surface area contributed by atoms with Crippen LogP contribution in [0.15, 0.2) is 48.5 Å². The quantitative estimate of drug-likeness (QED) is 0.753.